The summed E-state index contributed by atoms with van der Waals surface area (Å²) in [4.78, 5) is 21.3. The average Bonchev–Trinajstić information content (AvgIpc) is 3.05. The molecule has 0 spiro atoms. The number of nitrogens with zero attached hydrogens (tertiary/aromatic N) is 2. The standard InChI is InChI=1S/C12H15N3O2S2/c1-3-8-5-13-9(19-8)6-14-11-10(15-7-18-11)12(16)17-4-2/h5,7,14H,3-4,6H2,1-2H3. The van der Waals surface area contributed by atoms with Gasteiger partial charge in [-0.15, -0.1) is 22.7 Å². The van der Waals surface area contributed by atoms with Gasteiger partial charge in [-0.25, -0.2) is 14.8 Å². The number of aryl methyl sites for hydroxylation is 1. The Bertz CT molecular complexity index is 551. The van der Waals surface area contributed by atoms with E-state index in [-0.39, 0.29) is 5.97 Å². The zero-order valence-electron chi connectivity index (χ0n) is 10.8. The van der Waals surface area contributed by atoms with E-state index in [9.17, 15) is 4.79 Å². The van der Waals surface area contributed by atoms with Gasteiger partial charge in [0.2, 0.25) is 0 Å². The molecule has 102 valence electrons. The first-order valence-electron chi connectivity index (χ1n) is 6.02. The summed E-state index contributed by atoms with van der Waals surface area (Å²) in [6.45, 7) is 4.83. The third-order valence-corrected chi connectivity index (χ3v) is 4.31. The topological polar surface area (TPSA) is 64.1 Å². The van der Waals surface area contributed by atoms with E-state index in [1.54, 1.807) is 23.8 Å². The van der Waals surface area contributed by atoms with Gasteiger partial charge in [0.05, 0.1) is 18.7 Å². The van der Waals surface area contributed by atoms with Crippen molar-refractivity contribution in [1.82, 2.24) is 9.97 Å². The second-order valence-corrected chi connectivity index (χ2v) is 5.73. The molecule has 19 heavy (non-hydrogen) atoms. The van der Waals surface area contributed by atoms with Gasteiger partial charge >= 0.3 is 5.97 Å². The van der Waals surface area contributed by atoms with Gasteiger partial charge in [0.1, 0.15) is 10.0 Å². The molecule has 0 aliphatic rings. The molecule has 0 radical (unpaired) electrons. The predicted octanol–water partition coefficient (Wildman–Crippen LogP) is 2.95. The quantitative estimate of drug-likeness (QED) is 0.830. The molecule has 0 atom stereocenters. The Morgan fingerprint density at radius 3 is 2.95 bits per heavy atom. The van der Waals surface area contributed by atoms with E-state index >= 15 is 0 Å². The Labute approximate surface area is 119 Å². The van der Waals surface area contributed by atoms with Crippen LogP contribution in [0, 0.1) is 0 Å². The molecular formula is C12H15N3O2S2. The Morgan fingerprint density at radius 2 is 2.26 bits per heavy atom. The van der Waals surface area contributed by atoms with Crippen LogP contribution in [0.3, 0.4) is 0 Å². The fourth-order valence-corrected chi connectivity index (χ4v) is 2.93. The lowest BCUT2D eigenvalue weighted by atomic mass is 10.4. The van der Waals surface area contributed by atoms with Gasteiger partial charge in [-0.05, 0) is 13.3 Å². The van der Waals surface area contributed by atoms with Crippen molar-refractivity contribution in [3.8, 4) is 0 Å². The van der Waals surface area contributed by atoms with Crippen molar-refractivity contribution in [3.63, 3.8) is 0 Å². The van der Waals surface area contributed by atoms with Crippen molar-refractivity contribution in [2.75, 3.05) is 11.9 Å². The monoisotopic (exact) mass is 297 g/mol. The zero-order chi connectivity index (χ0) is 13.7. The smallest absolute Gasteiger partial charge is 0.360 e. The largest absolute Gasteiger partial charge is 0.461 e. The second-order valence-electron chi connectivity index (χ2n) is 3.68. The van der Waals surface area contributed by atoms with Crippen molar-refractivity contribution < 1.29 is 9.53 Å². The Hall–Kier alpha value is -1.47. The van der Waals surface area contributed by atoms with Crippen LogP contribution in [0.4, 0.5) is 5.00 Å². The van der Waals surface area contributed by atoms with Crippen molar-refractivity contribution in [2.45, 2.75) is 26.8 Å². The highest BCUT2D eigenvalue weighted by molar-refractivity contribution is 7.14. The molecule has 2 rings (SSSR count). The van der Waals surface area contributed by atoms with Crippen LogP contribution in [0.2, 0.25) is 0 Å². The summed E-state index contributed by atoms with van der Waals surface area (Å²) in [5, 5.41) is 4.92. The third-order valence-electron chi connectivity index (χ3n) is 2.39. The summed E-state index contributed by atoms with van der Waals surface area (Å²) in [7, 11) is 0. The van der Waals surface area contributed by atoms with E-state index in [1.807, 2.05) is 6.20 Å². The second kappa shape index (κ2) is 6.63. The lowest BCUT2D eigenvalue weighted by Gasteiger charge is -2.03. The molecule has 7 heteroatoms. The molecule has 0 aromatic carbocycles. The highest BCUT2D eigenvalue weighted by atomic mass is 32.1. The van der Waals surface area contributed by atoms with Gasteiger partial charge in [-0.1, -0.05) is 6.92 Å². The first-order chi connectivity index (χ1) is 9.24. The van der Waals surface area contributed by atoms with Crippen molar-refractivity contribution in [1.29, 1.82) is 0 Å². The van der Waals surface area contributed by atoms with Crippen molar-refractivity contribution in [3.05, 3.63) is 27.3 Å². The highest BCUT2D eigenvalue weighted by Gasteiger charge is 2.16. The number of thiazole rings is 2. The number of rotatable bonds is 6. The van der Waals surface area contributed by atoms with Crippen molar-refractivity contribution >= 4 is 33.6 Å². The van der Waals surface area contributed by atoms with Crippen LogP contribution in [-0.2, 0) is 17.7 Å². The van der Waals surface area contributed by atoms with Gasteiger partial charge in [0.25, 0.3) is 0 Å². The number of aromatic nitrogens is 2. The number of carbonyl (C=O) groups excluding carboxylic acids is 1. The summed E-state index contributed by atoms with van der Waals surface area (Å²) in [6, 6.07) is 0. The van der Waals surface area contributed by atoms with E-state index in [2.05, 4.69) is 22.2 Å². The Balaban J connectivity index is 1.99. The Kier molecular flexibility index (Phi) is 4.86. The summed E-state index contributed by atoms with van der Waals surface area (Å²) in [5.74, 6) is -0.389. The third kappa shape index (κ3) is 3.51. The summed E-state index contributed by atoms with van der Waals surface area (Å²) in [6.07, 6.45) is 2.88. The van der Waals surface area contributed by atoms with Crippen LogP contribution < -0.4 is 5.32 Å². The fourth-order valence-electron chi connectivity index (χ4n) is 1.47. The molecule has 0 aliphatic carbocycles. The van der Waals surface area contributed by atoms with E-state index in [1.165, 1.54) is 16.2 Å². The fraction of sp³-hybridized carbons (Fsp3) is 0.417. The molecule has 0 bridgehead atoms. The van der Waals surface area contributed by atoms with Gasteiger partial charge in [0, 0.05) is 11.1 Å². The minimum atomic E-state index is -0.389. The number of ether oxygens (including phenoxy) is 1. The van der Waals surface area contributed by atoms with Crippen LogP contribution in [0.1, 0.15) is 34.2 Å². The minimum Gasteiger partial charge on any atom is -0.461 e. The first-order valence-corrected chi connectivity index (χ1v) is 7.72. The van der Waals surface area contributed by atoms with E-state index in [0.717, 1.165) is 16.4 Å². The van der Waals surface area contributed by atoms with Gasteiger partial charge < -0.3 is 10.1 Å². The van der Waals surface area contributed by atoms with Crippen LogP contribution in [0.15, 0.2) is 11.7 Å². The maximum absolute atomic E-state index is 11.7. The Morgan fingerprint density at radius 1 is 1.42 bits per heavy atom. The maximum Gasteiger partial charge on any atom is 0.360 e. The lowest BCUT2D eigenvalue weighted by Crippen LogP contribution is -2.08. The number of carbonyl (C=O) groups is 1. The predicted molar refractivity (Wildman–Crippen MR) is 76.9 cm³/mol. The average molecular weight is 297 g/mol. The molecule has 2 aromatic heterocycles. The number of esters is 1. The number of anilines is 1. The molecule has 2 aromatic rings. The molecular weight excluding hydrogens is 282 g/mol. The first kappa shape index (κ1) is 14.0. The number of hydrogen-bond donors (Lipinski definition) is 1. The normalized spacial score (nSPS) is 10.4. The summed E-state index contributed by atoms with van der Waals surface area (Å²) < 4.78 is 4.95. The van der Waals surface area contributed by atoms with Crippen LogP contribution in [0.25, 0.3) is 0 Å². The van der Waals surface area contributed by atoms with Gasteiger partial charge in [-0.2, -0.15) is 0 Å². The van der Waals surface area contributed by atoms with Crippen LogP contribution >= 0.6 is 22.7 Å². The number of nitrogens with one attached hydrogen (secondary N) is 1. The van der Waals surface area contributed by atoms with E-state index in [0.29, 0.717) is 18.8 Å². The minimum absolute atomic E-state index is 0.346. The molecule has 0 saturated carbocycles. The number of hydrogen-bond acceptors (Lipinski definition) is 7. The van der Waals surface area contributed by atoms with E-state index < -0.39 is 0 Å². The molecule has 0 saturated heterocycles. The highest BCUT2D eigenvalue weighted by Crippen LogP contribution is 2.23. The molecule has 0 fully saturated rings. The van der Waals surface area contributed by atoms with Crippen molar-refractivity contribution in [2.24, 2.45) is 0 Å². The van der Waals surface area contributed by atoms with Crippen LogP contribution in [0.5, 0.6) is 0 Å². The van der Waals surface area contributed by atoms with Gasteiger partial charge in [-0.3, -0.25) is 0 Å². The molecule has 0 unspecified atom stereocenters. The zero-order valence-corrected chi connectivity index (χ0v) is 12.4. The SMILES string of the molecule is CCOC(=O)c1ncsc1NCc1ncc(CC)s1. The lowest BCUT2D eigenvalue weighted by molar-refractivity contribution is 0.0521. The molecule has 0 amide bonds. The molecule has 1 N–H and O–H groups in total. The van der Waals surface area contributed by atoms with E-state index in [4.69, 9.17) is 4.74 Å². The van der Waals surface area contributed by atoms with Gasteiger partial charge in [0.15, 0.2) is 5.69 Å². The molecule has 5 nitrogen and oxygen atoms in total. The summed E-state index contributed by atoms with van der Waals surface area (Å²) >= 11 is 3.06. The molecule has 0 aliphatic heterocycles. The molecule has 2 heterocycles. The van der Waals surface area contributed by atoms with Crippen LogP contribution in [-0.4, -0.2) is 22.5 Å². The maximum atomic E-state index is 11.7. The summed E-state index contributed by atoms with van der Waals surface area (Å²) in [5.41, 5.74) is 1.98.